The molecule has 0 aromatic carbocycles. The third-order valence-corrected chi connectivity index (χ3v) is 3.87. The Kier molecular flexibility index (Phi) is 5.23. The first-order chi connectivity index (χ1) is 8.85. The lowest BCUT2D eigenvalue weighted by Crippen LogP contribution is -2.37. The molecule has 0 aliphatic rings. The lowest BCUT2D eigenvalue weighted by Gasteiger charge is -2.19. The fourth-order valence-corrected chi connectivity index (χ4v) is 2.05. The number of nitriles is 1. The minimum Gasteiger partial charge on any atom is -0.308 e. The van der Waals surface area contributed by atoms with Crippen LogP contribution in [0, 0.1) is 11.3 Å². The molecule has 1 rings (SSSR count). The number of rotatable bonds is 6. The SMILES string of the molecule is CN(C)CCN(C)S(=O)(=O)Nc1ccc(C#N)cn1. The molecule has 1 heterocycles. The average molecular weight is 283 g/mol. The van der Waals surface area contributed by atoms with Crippen molar-refractivity contribution < 1.29 is 8.42 Å². The Balaban J connectivity index is 2.70. The van der Waals surface area contributed by atoms with Crippen LogP contribution in [0.15, 0.2) is 18.3 Å². The van der Waals surface area contributed by atoms with Crippen molar-refractivity contribution in [2.24, 2.45) is 0 Å². The van der Waals surface area contributed by atoms with Crippen molar-refractivity contribution in [1.29, 1.82) is 5.26 Å². The summed E-state index contributed by atoms with van der Waals surface area (Å²) in [6, 6.07) is 4.88. The van der Waals surface area contributed by atoms with Crippen LogP contribution in [-0.2, 0) is 10.2 Å². The van der Waals surface area contributed by atoms with E-state index in [4.69, 9.17) is 5.26 Å². The van der Waals surface area contributed by atoms with Crippen LogP contribution >= 0.6 is 0 Å². The molecule has 7 nitrogen and oxygen atoms in total. The van der Waals surface area contributed by atoms with E-state index < -0.39 is 10.2 Å². The van der Waals surface area contributed by atoms with E-state index in [9.17, 15) is 8.42 Å². The molecule has 0 unspecified atom stereocenters. The number of likely N-dealkylation sites (N-methyl/N-ethyl adjacent to an activating group) is 2. The highest BCUT2D eigenvalue weighted by atomic mass is 32.2. The maximum absolute atomic E-state index is 12.0. The minimum atomic E-state index is -3.62. The van der Waals surface area contributed by atoms with Gasteiger partial charge in [-0.2, -0.15) is 18.0 Å². The number of nitrogens with zero attached hydrogens (tertiary/aromatic N) is 4. The maximum Gasteiger partial charge on any atom is 0.302 e. The van der Waals surface area contributed by atoms with Gasteiger partial charge in [0.05, 0.1) is 5.56 Å². The van der Waals surface area contributed by atoms with E-state index in [2.05, 4.69) is 9.71 Å². The van der Waals surface area contributed by atoms with Crippen molar-refractivity contribution in [3.8, 4) is 6.07 Å². The lowest BCUT2D eigenvalue weighted by atomic mass is 10.3. The largest absolute Gasteiger partial charge is 0.308 e. The number of hydrogen-bond donors (Lipinski definition) is 1. The third-order valence-electron chi connectivity index (χ3n) is 2.40. The molecule has 19 heavy (non-hydrogen) atoms. The second-order valence-electron chi connectivity index (χ2n) is 4.28. The van der Waals surface area contributed by atoms with E-state index in [-0.39, 0.29) is 5.82 Å². The van der Waals surface area contributed by atoms with Crippen LogP contribution < -0.4 is 4.72 Å². The standard InChI is InChI=1S/C11H17N5O2S/c1-15(2)6-7-16(3)19(17,18)14-11-5-4-10(8-12)9-13-11/h4-5,9H,6-7H2,1-3H3,(H,13,14). The molecule has 0 amide bonds. The summed E-state index contributed by atoms with van der Waals surface area (Å²) >= 11 is 0. The summed E-state index contributed by atoms with van der Waals surface area (Å²) in [5.41, 5.74) is 0.379. The van der Waals surface area contributed by atoms with Gasteiger partial charge in [-0.3, -0.25) is 4.72 Å². The second-order valence-corrected chi connectivity index (χ2v) is 6.05. The Morgan fingerprint density at radius 2 is 2.00 bits per heavy atom. The average Bonchev–Trinajstić information content (AvgIpc) is 2.36. The van der Waals surface area contributed by atoms with Gasteiger partial charge in [-0.15, -0.1) is 0 Å². The Hall–Kier alpha value is -1.69. The van der Waals surface area contributed by atoms with Gasteiger partial charge < -0.3 is 4.90 Å². The van der Waals surface area contributed by atoms with Crippen LogP contribution in [-0.4, -0.2) is 56.8 Å². The molecule has 0 fully saturated rings. The van der Waals surface area contributed by atoms with Gasteiger partial charge in [0.2, 0.25) is 0 Å². The van der Waals surface area contributed by atoms with E-state index >= 15 is 0 Å². The van der Waals surface area contributed by atoms with Gasteiger partial charge in [0.25, 0.3) is 0 Å². The molecule has 0 spiro atoms. The normalized spacial score (nSPS) is 11.6. The molecular formula is C11H17N5O2S. The highest BCUT2D eigenvalue weighted by molar-refractivity contribution is 7.90. The smallest absolute Gasteiger partial charge is 0.302 e. The Morgan fingerprint density at radius 1 is 1.32 bits per heavy atom. The quantitative estimate of drug-likeness (QED) is 0.800. The molecule has 0 bridgehead atoms. The van der Waals surface area contributed by atoms with Gasteiger partial charge in [-0.1, -0.05) is 0 Å². The van der Waals surface area contributed by atoms with Gasteiger partial charge in [0, 0.05) is 26.3 Å². The van der Waals surface area contributed by atoms with Crippen molar-refractivity contribution >= 4 is 16.0 Å². The van der Waals surface area contributed by atoms with Crippen molar-refractivity contribution in [2.75, 3.05) is 39.0 Å². The fourth-order valence-electron chi connectivity index (χ4n) is 1.19. The Morgan fingerprint density at radius 3 is 2.47 bits per heavy atom. The third kappa shape index (κ3) is 4.82. The summed E-state index contributed by atoms with van der Waals surface area (Å²) in [6.45, 7) is 0.997. The Bertz CT molecular complexity index is 547. The summed E-state index contributed by atoms with van der Waals surface area (Å²) in [4.78, 5) is 5.76. The minimum absolute atomic E-state index is 0.190. The molecule has 1 N–H and O–H groups in total. The van der Waals surface area contributed by atoms with Crippen LogP contribution in [0.2, 0.25) is 0 Å². The molecule has 104 valence electrons. The van der Waals surface area contributed by atoms with Gasteiger partial charge in [-0.05, 0) is 26.2 Å². The topological polar surface area (TPSA) is 89.3 Å². The zero-order valence-electron chi connectivity index (χ0n) is 11.2. The Labute approximate surface area is 113 Å². The van der Waals surface area contributed by atoms with E-state index in [1.807, 2.05) is 25.1 Å². The summed E-state index contributed by atoms with van der Waals surface area (Å²) in [5.74, 6) is 0.190. The summed E-state index contributed by atoms with van der Waals surface area (Å²) in [7, 11) is 1.62. The van der Waals surface area contributed by atoms with Crippen molar-refractivity contribution in [2.45, 2.75) is 0 Å². The van der Waals surface area contributed by atoms with Gasteiger partial charge in [-0.25, -0.2) is 4.98 Å². The first-order valence-electron chi connectivity index (χ1n) is 5.60. The predicted molar refractivity (Wildman–Crippen MR) is 72.7 cm³/mol. The van der Waals surface area contributed by atoms with Gasteiger partial charge in [0.1, 0.15) is 11.9 Å². The molecule has 0 aliphatic heterocycles. The molecule has 0 saturated heterocycles. The number of hydrogen-bond acceptors (Lipinski definition) is 5. The first kappa shape index (κ1) is 15.4. The number of nitrogens with one attached hydrogen (secondary N) is 1. The predicted octanol–water partition coefficient (Wildman–Crippen LogP) is 0.103. The number of pyridine rings is 1. The van der Waals surface area contributed by atoms with Gasteiger partial charge in [0.15, 0.2) is 0 Å². The molecule has 1 aromatic heterocycles. The molecular weight excluding hydrogens is 266 g/mol. The summed E-state index contributed by atoms with van der Waals surface area (Å²) < 4.78 is 27.5. The van der Waals surface area contributed by atoms with Crippen LogP contribution in [0.1, 0.15) is 5.56 Å². The van der Waals surface area contributed by atoms with Crippen LogP contribution in [0.25, 0.3) is 0 Å². The zero-order valence-corrected chi connectivity index (χ0v) is 12.0. The first-order valence-corrected chi connectivity index (χ1v) is 7.04. The lowest BCUT2D eigenvalue weighted by molar-refractivity contribution is 0.359. The molecule has 0 aliphatic carbocycles. The van der Waals surface area contributed by atoms with E-state index in [0.29, 0.717) is 18.7 Å². The van der Waals surface area contributed by atoms with E-state index in [0.717, 1.165) is 0 Å². The monoisotopic (exact) mass is 283 g/mol. The maximum atomic E-state index is 12.0. The molecule has 0 radical (unpaired) electrons. The number of aromatic nitrogens is 1. The van der Waals surface area contributed by atoms with Crippen LogP contribution in [0.3, 0.4) is 0 Å². The van der Waals surface area contributed by atoms with Crippen molar-refractivity contribution in [3.63, 3.8) is 0 Å². The van der Waals surface area contributed by atoms with Crippen LogP contribution in [0.4, 0.5) is 5.82 Å². The highest BCUT2D eigenvalue weighted by Crippen LogP contribution is 2.08. The van der Waals surface area contributed by atoms with Crippen molar-refractivity contribution in [3.05, 3.63) is 23.9 Å². The fraction of sp³-hybridized carbons (Fsp3) is 0.455. The summed E-state index contributed by atoms with van der Waals surface area (Å²) in [6.07, 6.45) is 1.32. The van der Waals surface area contributed by atoms with Crippen molar-refractivity contribution in [1.82, 2.24) is 14.2 Å². The van der Waals surface area contributed by atoms with E-state index in [1.165, 1.54) is 29.7 Å². The van der Waals surface area contributed by atoms with E-state index in [1.54, 1.807) is 0 Å². The zero-order chi connectivity index (χ0) is 14.5. The molecule has 1 aromatic rings. The molecule has 0 saturated carbocycles. The number of anilines is 1. The molecule has 0 atom stereocenters. The van der Waals surface area contributed by atoms with Crippen LogP contribution in [0.5, 0.6) is 0 Å². The summed E-state index contributed by atoms with van der Waals surface area (Å²) in [5, 5.41) is 8.63. The molecule has 8 heteroatoms. The second kappa shape index (κ2) is 6.47. The van der Waals surface area contributed by atoms with Gasteiger partial charge >= 0.3 is 10.2 Å². The highest BCUT2D eigenvalue weighted by Gasteiger charge is 2.17.